The highest BCUT2D eigenvalue weighted by Crippen LogP contribution is 2.50. The first-order chi connectivity index (χ1) is 33.6. The number of hydrogen-bond donors (Lipinski definition) is 0. The van der Waals surface area contributed by atoms with Gasteiger partial charge in [-0.05, 0) is 126 Å². The van der Waals surface area contributed by atoms with Gasteiger partial charge < -0.3 is 14.2 Å². The second-order valence-corrected chi connectivity index (χ2v) is 22.6. The van der Waals surface area contributed by atoms with Gasteiger partial charge in [-0.3, -0.25) is 0 Å². The Morgan fingerprint density at radius 3 is 1.61 bits per heavy atom. The van der Waals surface area contributed by atoms with Crippen molar-refractivity contribution in [2.45, 2.75) is 78.6 Å². The molecule has 0 N–H and O–H groups in total. The molecule has 12 rings (SSSR count). The molecule has 0 unspecified atom stereocenters. The van der Waals surface area contributed by atoms with E-state index in [1.54, 1.807) is 0 Å². The molecule has 3 nitrogen and oxygen atoms in total. The summed E-state index contributed by atoms with van der Waals surface area (Å²) in [7, 11) is 0. The van der Waals surface area contributed by atoms with Crippen molar-refractivity contribution in [3.05, 3.63) is 211 Å². The second-order valence-electron chi connectivity index (χ2n) is 22.6. The van der Waals surface area contributed by atoms with Gasteiger partial charge in [0, 0.05) is 50.3 Å². The highest BCUT2D eigenvalue weighted by atomic mass is 16.3. The third-order valence-corrected chi connectivity index (χ3v) is 14.9. The molecule has 0 bridgehead atoms. The lowest BCUT2D eigenvalue weighted by atomic mass is 9.33. The zero-order valence-corrected chi connectivity index (χ0v) is 41.9. The number of fused-ring (bicyclic) bond motifs is 7. The topological polar surface area (TPSA) is 19.6 Å². The van der Waals surface area contributed by atoms with Crippen molar-refractivity contribution >= 4 is 79.2 Å². The van der Waals surface area contributed by atoms with Gasteiger partial charge in [-0.15, -0.1) is 0 Å². The molecule has 2 aliphatic rings. The smallest absolute Gasteiger partial charge is 0.252 e. The van der Waals surface area contributed by atoms with Gasteiger partial charge in [-0.25, -0.2) is 0 Å². The van der Waals surface area contributed by atoms with Gasteiger partial charge in [0.25, 0.3) is 6.71 Å². The third-order valence-electron chi connectivity index (χ3n) is 14.9. The summed E-state index contributed by atoms with van der Waals surface area (Å²) < 4.78 is 6.57. The standard InChI is InChI=1S/C66H59BN2O/c1-64(2,3)46-31-36-56(53(38-46)43-21-14-11-15-22-43)69-57-35-29-45(42-19-12-10-13-20-42)37-55(57)67-54-34-30-47(65(4,5)6)39-58(54)68(59-40-48(66(7,8)9)41-60(69)62(59)67)49-32-27-44(28-33-49)50-24-18-25-52-51-23-16-17-26-61(51)70-63(50)52/h10-41H,1-9H3. The zero-order valence-electron chi connectivity index (χ0n) is 41.9. The average molecular weight is 907 g/mol. The Labute approximate surface area is 414 Å². The van der Waals surface area contributed by atoms with E-state index < -0.39 is 0 Å². The molecule has 0 spiro atoms. The van der Waals surface area contributed by atoms with Gasteiger partial charge >= 0.3 is 0 Å². The summed E-state index contributed by atoms with van der Waals surface area (Å²) in [4.78, 5) is 5.18. The van der Waals surface area contributed by atoms with E-state index in [0.717, 1.165) is 38.8 Å². The predicted molar refractivity (Wildman–Crippen MR) is 300 cm³/mol. The number of furan rings is 1. The zero-order chi connectivity index (χ0) is 48.3. The van der Waals surface area contributed by atoms with Crippen molar-refractivity contribution in [2.24, 2.45) is 0 Å². The van der Waals surface area contributed by atoms with Crippen LogP contribution < -0.4 is 26.2 Å². The van der Waals surface area contributed by atoms with Crippen LogP contribution in [0.1, 0.15) is 79.0 Å². The maximum Gasteiger partial charge on any atom is 0.252 e. The van der Waals surface area contributed by atoms with Gasteiger partial charge in [-0.1, -0.05) is 202 Å². The minimum Gasteiger partial charge on any atom is -0.455 e. The van der Waals surface area contributed by atoms with Gasteiger partial charge in [0.1, 0.15) is 11.2 Å². The van der Waals surface area contributed by atoms with E-state index in [1.807, 2.05) is 6.07 Å². The summed E-state index contributed by atoms with van der Waals surface area (Å²) in [5.74, 6) is 0. The molecule has 0 saturated heterocycles. The number of benzene rings is 9. The van der Waals surface area contributed by atoms with Crippen LogP contribution in [0.5, 0.6) is 0 Å². The van der Waals surface area contributed by atoms with E-state index in [-0.39, 0.29) is 23.0 Å². The van der Waals surface area contributed by atoms with Crippen LogP contribution in [0.25, 0.3) is 55.3 Å². The molecule has 342 valence electrons. The summed E-state index contributed by atoms with van der Waals surface area (Å²) in [6.45, 7) is 21.0. The van der Waals surface area contributed by atoms with Crippen molar-refractivity contribution in [3.63, 3.8) is 0 Å². The van der Waals surface area contributed by atoms with E-state index in [0.29, 0.717) is 0 Å². The van der Waals surface area contributed by atoms with Crippen molar-refractivity contribution in [1.82, 2.24) is 0 Å². The van der Waals surface area contributed by atoms with Crippen LogP contribution in [-0.2, 0) is 16.2 Å². The summed E-state index contributed by atoms with van der Waals surface area (Å²) in [5.41, 5.74) is 23.6. The largest absolute Gasteiger partial charge is 0.455 e. The van der Waals surface area contributed by atoms with Crippen LogP contribution >= 0.6 is 0 Å². The van der Waals surface area contributed by atoms with Gasteiger partial charge in [0.2, 0.25) is 0 Å². The van der Waals surface area contributed by atoms with E-state index >= 15 is 0 Å². The lowest BCUT2D eigenvalue weighted by Gasteiger charge is -2.46. The average Bonchev–Trinajstić information content (AvgIpc) is 3.75. The minimum atomic E-state index is -0.156. The third kappa shape index (κ3) is 7.18. The van der Waals surface area contributed by atoms with Gasteiger partial charge in [0.15, 0.2) is 0 Å². The molecule has 10 aromatic rings. The number of anilines is 6. The van der Waals surface area contributed by atoms with Crippen LogP contribution in [-0.4, -0.2) is 6.71 Å². The van der Waals surface area contributed by atoms with Crippen LogP contribution in [0, 0.1) is 0 Å². The van der Waals surface area contributed by atoms with Gasteiger partial charge in [0.05, 0.1) is 5.69 Å². The fourth-order valence-corrected chi connectivity index (χ4v) is 11.1. The number of nitrogens with zero attached hydrogens (tertiary/aromatic N) is 2. The van der Waals surface area contributed by atoms with E-state index in [1.165, 1.54) is 83.8 Å². The normalized spacial score (nSPS) is 13.4. The maximum absolute atomic E-state index is 6.57. The number of rotatable bonds is 5. The first-order valence-electron chi connectivity index (χ1n) is 24.9. The van der Waals surface area contributed by atoms with Crippen molar-refractivity contribution < 1.29 is 4.42 Å². The van der Waals surface area contributed by atoms with Crippen LogP contribution in [0.15, 0.2) is 199 Å². The van der Waals surface area contributed by atoms with Crippen molar-refractivity contribution in [1.29, 1.82) is 0 Å². The molecule has 0 aliphatic carbocycles. The molecule has 2 aliphatic heterocycles. The Bertz CT molecular complexity index is 3660. The quantitative estimate of drug-likeness (QED) is 0.160. The van der Waals surface area contributed by atoms with E-state index in [2.05, 4.69) is 260 Å². The Kier molecular flexibility index (Phi) is 9.99. The van der Waals surface area contributed by atoms with Crippen molar-refractivity contribution in [3.8, 4) is 33.4 Å². The van der Waals surface area contributed by atoms with Crippen LogP contribution in [0.3, 0.4) is 0 Å². The predicted octanol–water partition coefficient (Wildman–Crippen LogP) is 16.6. The molecular formula is C66H59BN2O. The molecule has 1 aromatic heterocycles. The Morgan fingerprint density at radius 2 is 0.914 bits per heavy atom. The number of hydrogen-bond acceptors (Lipinski definition) is 3. The van der Waals surface area contributed by atoms with E-state index in [4.69, 9.17) is 4.42 Å². The Balaban J connectivity index is 1.15. The lowest BCUT2D eigenvalue weighted by molar-refractivity contribution is 0.590. The lowest BCUT2D eigenvalue weighted by Crippen LogP contribution is -2.61. The SMILES string of the molecule is CC(C)(C)c1ccc(N2c3ccc(-c4ccccc4)cc3B3c4ccc(C(C)(C)C)cc4N(c4ccc(-c5cccc6c5oc5ccccc56)cc4)c4cc(C(C)(C)C)cc2c43)c(-c2ccccc2)c1. The monoisotopic (exact) mass is 906 g/mol. The molecule has 0 saturated carbocycles. The van der Waals surface area contributed by atoms with Crippen LogP contribution in [0.2, 0.25) is 0 Å². The number of para-hydroxylation sites is 2. The summed E-state index contributed by atoms with van der Waals surface area (Å²) >= 11 is 0. The molecule has 0 amide bonds. The second kappa shape index (κ2) is 16.0. The molecule has 0 atom stereocenters. The minimum absolute atomic E-state index is 0.0341. The first kappa shape index (κ1) is 43.7. The summed E-state index contributed by atoms with van der Waals surface area (Å²) in [6.07, 6.45) is 0. The highest BCUT2D eigenvalue weighted by Gasteiger charge is 2.45. The van der Waals surface area contributed by atoms with Gasteiger partial charge in [-0.2, -0.15) is 0 Å². The van der Waals surface area contributed by atoms with Crippen molar-refractivity contribution in [2.75, 3.05) is 9.80 Å². The molecule has 3 heterocycles. The molecule has 4 heteroatoms. The molecular weight excluding hydrogens is 848 g/mol. The Hall–Kier alpha value is -7.56. The first-order valence-corrected chi connectivity index (χ1v) is 24.9. The Morgan fingerprint density at radius 1 is 0.357 bits per heavy atom. The van der Waals surface area contributed by atoms with E-state index in [9.17, 15) is 0 Å². The fourth-order valence-electron chi connectivity index (χ4n) is 11.1. The molecule has 0 fully saturated rings. The molecule has 70 heavy (non-hydrogen) atoms. The maximum atomic E-state index is 6.57. The summed E-state index contributed by atoms with van der Waals surface area (Å²) in [5, 5.41) is 2.28. The highest BCUT2D eigenvalue weighted by molar-refractivity contribution is 7.00. The summed E-state index contributed by atoms with van der Waals surface area (Å²) in [6, 6.07) is 72.7. The molecule has 0 radical (unpaired) electrons. The van der Waals surface area contributed by atoms with Crippen LogP contribution in [0.4, 0.5) is 34.1 Å². The molecule has 9 aromatic carbocycles. The fraction of sp³-hybridized carbons (Fsp3) is 0.182.